The van der Waals surface area contributed by atoms with Crippen LogP contribution in [0.3, 0.4) is 0 Å². The van der Waals surface area contributed by atoms with Crippen molar-refractivity contribution in [1.82, 2.24) is 5.32 Å². The van der Waals surface area contributed by atoms with Gasteiger partial charge in [-0.05, 0) is 83.5 Å². The Hall–Kier alpha value is -1.92. The highest BCUT2D eigenvalue weighted by Gasteiger charge is 2.20. The monoisotopic (exact) mass is 1210 g/mol. The SMILES string of the molecule is CCCCCCC/C=C\CCCCCCCC(=O)OCCCCCCCCCCCCCCC/C=C\C/C=C\CCCCCCCCCCCCCCCCCCCC(=O)NC(CO)C(O)CCCCCCCCCCCCCCCCCCCC. The molecule has 0 rings (SSSR count). The van der Waals surface area contributed by atoms with E-state index in [0.29, 0.717) is 25.9 Å². The van der Waals surface area contributed by atoms with Crippen LogP contribution in [0.5, 0.6) is 0 Å². The third kappa shape index (κ3) is 71.2. The van der Waals surface area contributed by atoms with Crippen LogP contribution in [0.1, 0.15) is 438 Å². The summed E-state index contributed by atoms with van der Waals surface area (Å²) in [5.74, 6) is -0.0173. The molecule has 0 aliphatic rings. The first kappa shape index (κ1) is 84.1. The third-order valence-electron chi connectivity index (χ3n) is 18.4. The van der Waals surface area contributed by atoms with E-state index in [2.05, 4.69) is 55.6 Å². The molecule has 0 aromatic heterocycles. The predicted molar refractivity (Wildman–Crippen MR) is 379 cm³/mol. The summed E-state index contributed by atoms with van der Waals surface area (Å²) in [6, 6.07) is -0.540. The maximum atomic E-state index is 12.5. The molecule has 0 saturated heterocycles. The van der Waals surface area contributed by atoms with Crippen LogP contribution < -0.4 is 5.32 Å². The van der Waals surface area contributed by atoms with Crippen molar-refractivity contribution in [2.45, 2.75) is 450 Å². The number of unbranched alkanes of at least 4 members (excludes halogenated alkanes) is 57. The van der Waals surface area contributed by atoms with Crippen molar-refractivity contribution in [3.05, 3.63) is 36.5 Å². The Morgan fingerprint density at radius 1 is 0.326 bits per heavy atom. The molecule has 0 spiro atoms. The molecule has 0 fully saturated rings. The Kier molecular flexibility index (Phi) is 73.9. The lowest BCUT2D eigenvalue weighted by Crippen LogP contribution is -2.45. The van der Waals surface area contributed by atoms with E-state index in [0.717, 1.165) is 51.4 Å². The Labute approximate surface area is 538 Å². The van der Waals surface area contributed by atoms with Crippen LogP contribution in [-0.2, 0) is 14.3 Å². The van der Waals surface area contributed by atoms with Crippen molar-refractivity contribution in [3.8, 4) is 0 Å². The van der Waals surface area contributed by atoms with Gasteiger partial charge < -0.3 is 20.3 Å². The molecule has 508 valence electrons. The number of carbonyl (C=O) groups excluding carboxylic acids is 2. The number of hydrogen-bond donors (Lipinski definition) is 3. The van der Waals surface area contributed by atoms with Crippen LogP contribution in [0, 0.1) is 0 Å². The summed E-state index contributed by atoms with van der Waals surface area (Å²) < 4.78 is 5.49. The van der Waals surface area contributed by atoms with Crippen molar-refractivity contribution in [3.63, 3.8) is 0 Å². The van der Waals surface area contributed by atoms with Gasteiger partial charge in [-0.2, -0.15) is 0 Å². The number of aliphatic hydroxyl groups is 2. The molecule has 0 heterocycles. The molecule has 0 aromatic rings. The van der Waals surface area contributed by atoms with E-state index in [9.17, 15) is 19.8 Å². The fraction of sp³-hybridized carbons (Fsp3) is 0.900. The lowest BCUT2D eigenvalue weighted by Gasteiger charge is -2.22. The van der Waals surface area contributed by atoms with E-state index in [1.807, 2.05) is 0 Å². The second kappa shape index (κ2) is 75.5. The molecule has 0 aliphatic heterocycles. The molecule has 0 aliphatic carbocycles. The van der Waals surface area contributed by atoms with E-state index in [-0.39, 0.29) is 18.5 Å². The Morgan fingerprint density at radius 3 is 0.895 bits per heavy atom. The van der Waals surface area contributed by atoms with Gasteiger partial charge in [0.25, 0.3) is 0 Å². The number of carbonyl (C=O) groups is 2. The number of allylic oxidation sites excluding steroid dienone is 6. The van der Waals surface area contributed by atoms with Gasteiger partial charge in [0.15, 0.2) is 0 Å². The maximum Gasteiger partial charge on any atom is 0.305 e. The van der Waals surface area contributed by atoms with Gasteiger partial charge in [0.2, 0.25) is 5.91 Å². The molecular formula is C80H153NO5. The minimum atomic E-state index is -0.663. The van der Waals surface area contributed by atoms with E-state index in [4.69, 9.17) is 4.74 Å². The zero-order chi connectivity index (χ0) is 62.0. The summed E-state index contributed by atoms with van der Waals surface area (Å²) in [5.41, 5.74) is 0. The van der Waals surface area contributed by atoms with Gasteiger partial charge in [0, 0.05) is 12.8 Å². The standard InChI is InChI=1S/C80H153NO5/c1-3-5-7-9-11-13-15-17-19-20-42-45-48-52-56-60-64-68-72-78(83)77(76-82)81-79(84)73-69-65-61-57-53-49-46-43-40-38-36-34-32-30-28-26-24-22-21-23-25-27-29-31-33-35-37-39-41-44-47-51-55-59-63-67-71-75-86-80(85)74-70-66-62-58-54-50-18-16-14-12-10-8-6-4-2/h16,18,21,23,27,29,77-78,82-83H,3-15,17,19-20,22,24-26,28,30-76H2,1-2H3,(H,81,84)/b18-16-,23-21-,29-27-. The van der Waals surface area contributed by atoms with Gasteiger partial charge in [-0.25, -0.2) is 0 Å². The summed E-state index contributed by atoms with van der Waals surface area (Å²) in [4.78, 5) is 24.6. The molecule has 0 radical (unpaired) electrons. The summed E-state index contributed by atoms with van der Waals surface area (Å²) in [5, 5.41) is 23.4. The van der Waals surface area contributed by atoms with Crippen LogP contribution >= 0.6 is 0 Å². The number of aliphatic hydroxyl groups excluding tert-OH is 2. The fourth-order valence-electron chi connectivity index (χ4n) is 12.4. The summed E-state index contributed by atoms with van der Waals surface area (Å²) >= 11 is 0. The molecule has 3 N–H and O–H groups in total. The maximum absolute atomic E-state index is 12.5. The second-order valence-electron chi connectivity index (χ2n) is 27.0. The van der Waals surface area contributed by atoms with Gasteiger partial charge in [-0.15, -0.1) is 0 Å². The van der Waals surface area contributed by atoms with Gasteiger partial charge in [-0.1, -0.05) is 378 Å². The van der Waals surface area contributed by atoms with E-state index in [1.54, 1.807) is 0 Å². The van der Waals surface area contributed by atoms with Crippen molar-refractivity contribution < 1.29 is 24.5 Å². The fourth-order valence-corrected chi connectivity index (χ4v) is 12.4. The van der Waals surface area contributed by atoms with E-state index in [1.165, 1.54) is 353 Å². The smallest absolute Gasteiger partial charge is 0.305 e. The van der Waals surface area contributed by atoms with Crippen LogP contribution in [0.2, 0.25) is 0 Å². The number of ether oxygens (including phenoxy) is 1. The first-order chi connectivity index (χ1) is 42.5. The molecule has 2 atom stereocenters. The van der Waals surface area contributed by atoms with Crippen LogP contribution in [0.4, 0.5) is 0 Å². The highest BCUT2D eigenvalue weighted by Crippen LogP contribution is 2.19. The zero-order valence-electron chi connectivity index (χ0n) is 58.3. The van der Waals surface area contributed by atoms with Gasteiger partial charge in [0.05, 0.1) is 25.4 Å². The lowest BCUT2D eigenvalue weighted by atomic mass is 10.0. The van der Waals surface area contributed by atoms with Crippen LogP contribution in [-0.4, -0.2) is 47.4 Å². The Morgan fingerprint density at radius 2 is 0.581 bits per heavy atom. The first-order valence-electron chi connectivity index (χ1n) is 39.2. The number of amides is 1. The van der Waals surface area contributed by atoms with Gasteiger partial charge in [0.1, 0.15) is 0 Å². The highest BCUT2D eigenvalue weighted by atomic mass is 16.5. The van der Waals surface area contributed by atoms with Crippen molar-refractivity contribution in [2.75, 3.05) is 13.2 Å². The molecule has 86 heavy (non-hydrogen) atoms. The van der Waals surface area contributed by atoms with Crippen LogP contribution in [0.15, 0.2) is 36.5 Å². The molecule has 0 saturated carbocycles. The third-order valence-corrected chi connectivity index (χ3v) is 18.4. The quantitative estimate of drug-likeness (QED) is 0.0320. The van der Waals surface area contributed by atoms with E-state index >= 15 is 0 Å². The zero-order valence-corrected chi connectivity index (χ0v) is 58.3. The van der Waals surface area contributed by atoms with Crippen LogP contribution in [0.25, 0.3) is 0 Å². The van der Waals surface area contributed by atoms with Gasteiger partial charge >= 0.3 is 5.97 Å². The van der Waals surface area contributed by atoms with Crippen molar-refractivity contribution in [2.24, 2.45) is 0 Å². The van der Waals surface area contributed by atoms with Crippen molar-refractivity contribution >= 4 is 11.9 Å². The number of rotatable bonds is 74. The summed E-state index contributed by atoms with van der Waals surface area (Å²) in [6.45, 7) is 4.98. The first-order valence-corrected chi connectivity index (χ1v) is 39.2. The lowest BCUT2D eigenvalue weighted by molar-refractivity contribution is -0.143. The predicted octanol–water partition coefficient (Wildman–Crippen LogP) is 25.8. The Bertz CT molecular complexity index is 1390. The minimum absolute atomic E-state index is 0.0108. The number of hydrogen-bond acceptors (Lipinski definition) is 5. The van der Waals surface area contributed by atoms with Crippen molar-refractivity contribution in [1.29, 1.82) is 0 Å². The highest BCUT2D eigenvalue weighted by molar-refractivity contribution is 5.76. The molecule has 6 heteroatoms. The number of nitrogens with one attached hydrogen (secondary N) is 1. The summed E-state index contributed by atoms with van der Waals surface area (Å²) in [7, 11) is 0. The summed E-state index contributed by atoms with van der Waals surface area (Å²) in [6.07, 6.45) is 98.1. The molecule has 0 aromatic carbocycles. The topological polar surface area (TPSA) is 95.9 Å². The average molecular weight is 1210 g/mol. The van der Waals surface area contributed by atoms with E-state index < -0.39 is 12.1 Å². The minimum Gasteiger partial charge on any atom is -0.466 e. The average Bonchev–Trinajstić information content (AvgIpc) is 3.55. The molecule has 6 nitrogen and oxygen atoms in total. The number of esters is 1. The molecule has 0 bridgehead atoms. The molecular weight excluding hydrogens is 1050 g/mol. The second-order valence-corrected chi connectivity index (χ2v) is 27.0. The normalized spacial score (nSPS) is 12.7. The van der Waals surface area contributed by atoms with Gasteiger partial charge in [-0.3, -0.25) is 9.59 Å². The molecule has 1 amide bonds. The Balaban J connectivity index is 3.36. The molecule has 2 unspecified atom stereocenters. The largest absolute Gasteiger partial charge is 0.466 e.